The number of rotatable bonds is 3. The van der Waals surface area contributed by atoms with Crippen LogP contribution in [0.3, 0.4) is 0 Å². The number of hydrogen-bond donors (Lipinski definition) is 1. The highest BCUT2D eigenvalue weighted by Gasteiger charge is 2.30. The normalized spacial score (nSPS) is 28.6. The highest BCUT2D eigenvalue weighted by Crippen LogP contribution is 2.33. The van der Waals surface area contributed by atoms with Crippen LogP contribution in [0.2, 0.25) is 0 Å². The summed E-state index contributed by atoms with van der Waals surface area (Å²) in [5, 5.41) is 9.44. The van der Waals surface area contributed by atoms with Crippen molar-refractivity contribution in [2.45, 2.75) is 44.6 Å². The molecule has 4 heteroatoms. The second kappa shape index (κ2) is 5.02. The third-order valence-corrected chi connectivity index (χ3v) is 4.58. The molecular formula is C14H23N3O. The van der Waals surface area contributed by atoms with Gasteiger partial charge in [-0.3, -0.25) is 0 Å². The van der Waals surface area contributed by atoms with Crippen molar-refractivity contribution in [3.05, 3.63) is 17.7 Å². The molecule has 1 aromatic rings. The van der Waals surface area contributed by atoms with E-state index in [1.54, 1.807) is 0 Å². The van der Waals surface area contributed by atoms with Crippen LogP contribution in [0, 0.1) is 0 Å². The molecule has 100 valence electrons. The van der Waals surface area contributed by atoms with Crippen molar-refractivity contribution in [3.8, 4) is 0 Å². The number of likely N-dealkylation sites (N-methyl/N-ethyl adjacent to an activating group) is 1. The van der Waals surface area contributed by atoms with Gasteiger partial charge in [-0.2, -0.15) is 0 Å². The van der Waals surface area contributed by atoms with Crippen molar-refractivity contribution in [1.29, 1.82) is 0 Å². The summed E-state index contributed by atoms with van der Waals surface area (Å²) >= 11 is 0. The van der Waals surface area contributed by atoms with Crippen LogP contribution in [-0.2, 0) is 6.54 Å². The third-order valence-electron chi connectivity index (χ3n) is 4.58. The molecule has 2 aliphatic heterocycles. The number of aromatic nitrogens is 2. The number of hydrogen-bond acceptors (Lipinski definition) is 3. The molecule has 3 heterocycles. The van der Waals surface area contributed by atoms with Gasteiger partial charge < -0.3 is 14.6 Å². The lowest BCUT2D eigenvalue weighted by Gasteiger charge is -2.25. The Morgan fingerprint density at radius 3 is 3.00 bits per heavy atom. The highest BCUT2D eigenvalue weighted by atomic mass is 16.3. The van der Waals surface area contributed by atoms with Gasteiger partial charge in [-0.1, -0.05) is 6.92 Å². The largest absolute Gasteiger partial charge is 0.396 e. The summed E-state index contributed by atoms with van der Waals surface area (Å²) in [7, 11) is 0. The molecule has 0 aromatic carbocycles. The number of likely N-dealkylation sites (tertiary alicyclic amines) is 1. The van der Waals surface area contributed by atoms with Crippen molar-refractivity contribution in [2.24, 2.45) is 0 Å². The first-order valence-corrected chi connectivity index (χ1v) is 7.22. The van der Waals surface area contributed by atoms with E-state index in [4.69, 9.17) is 0 Å². The van der Waals surface area contributed by atoms with E-state index in [1.807, 2.05) is 6.20 Å². The molecule has 1 fully saturated rings. The van der Waals surface area contributed by atoms with Gasteiger partial charge >= 0.3 is 0 Å². The zero-order chi connectivity index (χ0) is 12.5. The predicted molar refractivity (Wildman–Crippen MR) is 70.8 cm³/mol. The zero-order valence-corrected chi connectivity index (χ0v) is 11.2. The first-order valence-electron chi connectivity index (χ1n) is 7.22. The zero-order valence-electron chi connectivity index (χ0n) is 11.2. The van der Waals surface area contributed by atoms with Crippen LogP contribution in [0.4, 0.5) is 0 Å². The van der Waals surface area contributed by atoms with Gasteiger partial charge in [0, 0.05) is 36.8 Å². The molecule has 1 saturated heterocycles. The number of nitrogens with zero attached hydrogens (tertiary/aromatic N) is 3. The van der Waals surface area contributed by atoms with Gasteiger partial charge in [0.2, 0.25) is 0 Å². The minimum Gasteiger partial charge on any atom is -0.396 e. The maximum atomic E-state index is 9.44. The fourth-order valence-corrected chi connectivity index (χ4v) is 3.46. The van der Waals surface area contributed by atoms with Gasteiger partial charge in [0.1, 0.15) is 5.82 Å². The second-order valence-corrected chi connectivity index (χ2v) is 5.59. The van der Waals surface area contributed by atoms with Crippen LogP contribution in [-0.4, -0.2) is 45.8 Å². The summed E-state index contributed by atoms with van der Waals surface area (Å²) in [6, 6.07) is 0. The molecule has 0 saturated carbocycles. The van der Waals surface area contributed by atoms with Crippen molar-refractivity contribution in [2.75, 3.05) is 26.2 Å². The summed E-state index contributed by atoms with van der Waals surface area (Å²) in [5.41, 5.74) is 1.26. The van der Waals surface area contributed by atoms with Crippen LogP contribution in [0.1, 0.15) is 49.5 Å². The highest BCUT2D eigenvalue weighted by molar-refractivity contribution is 5.17. The van der Waals surface area contributed by atoms with Crippen molar-refractivity contribution in [3.63, 3.8) is 0 Å². The Hall–Kier alpha value is -0.870. The van der Waals surface area contributed by atoms with Crippen LogP contribution in [0.15, 0.2) is 6.20 Å². The number of aliphatic hydroxyl groups excluding tert-OH is 1. The lowest BCUT2D eigenvalue weighted by molar-refractivity contribution is 0.240. The average Bonchev–Trinajstić information content (AvgIpc) is 3.03. The van der Waals surface area contributed by atoms with Crippen LogP contribution < -0.4 is 0 Å². The van der Waals surface area contributed by atoms with E-state index >= 15 is 0 Å². The summed E-state index contributed by atoms with van der Waals surface area (Å²) in [6.07, 6.45) is 5.51. The van der Waals surface area contributed by atoms with Crippen LogP contribution in [0.5, 0.6) is 0 Å². The molecule has 18 heavy (non-hydrogen) atoms. The SMILES string of the molecule is CCN1CCC(c2ncc3n2CCCC3CO)C1. The van der Waals surface area contributed by atoms with E-state index in [1.165, 1.54) is 30.9 Å². The first-order chi connectivity index (χ1) is 8.83. The van der Waals surface area contributed by atoms with E-state index in [0.29, 0.717) is 11.8 Å². The van der Waals surface area contributed by atoms with Crippen molar-refractivity contribution in [1.82, 2.24) is 14.5 Å². The maximum absolute atomic E-state index is 9.44. The molecule has 1 aromatic heterocycles. The summed E-state index contributed by atoms with van der Waals surface area (Å²) in [6.45, 7) is 7.07. The minimum atomic E-state index is 0.261. The Bertz CT molecular complexity index is 415. The fourth-order valence-electron chi connectivity index (χ4n) is 3.46. The molecule has 2 aliphatic rings. The minimum absolute atomic E-state index is 0.261. The van der Waals surface area contributed by atoms with E-state index in [-0.39, 0.29) is 6.61 Å². The van der Waals surface area contributed by atoms with Gasteiger partial charge in [-0.05, 0) is 32.4 Å². The van der Waals surface area contributed by atoms with Gasteiger partial charge in [0.05, 0.1) is 6.61 Å². The molecule has 4 nitrogen and oxygen atoms in total. The first kappa shape index (κ1) is 12.2. The molecule has 1 N–H and O–H groups in total. The topological polar surface area (TPSA) is 41.3 Å². The molecule has 3 rings (SSSR count). The Labute approximate surface area is 109 Å². The van der Waals surface area contributed by atoms with Gasteiger partial charge in [0.25, 0.3) is 0 Å². The maximum Gasteiger partial charge on any atom is 0.113 e. The quantitative estimate of drug-likeness (QED) is 0.884. The lowest BCUT2D eigenvalue weighted by atomic mass is 9.97. The van der Waals surface area contributed by atoms with Gasteiger partial charge in [-0.25, -0.2) is 4.98 Å². The fraction of sp³-hybridized carbons (Fsp3) is 0.786. The number of aliphatic hydroxyl groups is 1. The lowest BCUT2D eigenvalue weighted by Crippen LogP contribution is -2.22. The second-order valence-electron chi connectivity index (χ2n) is 5.59. The molecule has 0 spiro atoms. The summed E-state index contributed by atoms with van der Waals surface area (Å²) in [5.74, 6) is 2.17. The van der Waals surface area contributed by atoms with E-state index in [0.717, 1.165) is 26.1 Å². The Kier molecular flexibility index (Phi) is 3.39. The van der Waals surface area contributed by atoms with E-state index in [2.05, 4.69) is 21.4 Å². The molecule has 0 aliphatic carbocycles. The smallest absolute Gasteiger partial charge is 0.113 e. The Balaban J connectivity index is 1.84. The van der Waals surface area contributed by atoms with Crippen LogP contribution in [0.25, 0.3) is 0 Å². The molecule has 0 amide bonds. The average molecular weight is 249 g/mol. The summed E-state index contributed by atoms with van der Waals surface area (Å²) in [4.78, 5) is 7.17. The predicted octanol–water partition coefficient (Wildman–Crippen LogP) is 1.56. The molecule has 0 radical (unpaired) electrons. The molecular weight excluding hydrogens is 226 g/mol. The van der Waals surface area contributed by atoms with Gasteiger partial charge in [-0.15, -0.1) is 0 Å². The standard InChI is InChI=1S/C14H23N3O/c1-2-16-7-5-11(9-16)14-15-8-13-12(10-18)4-3-6-17(13)14/h8,11-12,18H,2-7,9-10H2,1H3. The molecule has 2 atom stereocenters. The van der Waals surface area contributed by atoms with E-state index in [9.17, 15) is 5.11 Å². The molecule has 2 unspecified atom stereocenters. The summed E-state index contributed by atoms with van der Waals surface area (Å²) < 4.78 is 2.38. The molecule has 0 bridgehead atoms. The third kappa shape index (κ3) is 1.97. The number of imidazole rings is 1. The van der Waals surface area contributed by atoms with Gasteiger partial charge in [0.15, 0.2) is 0 Å². The Morgan fingerprint density at radius 2 is 2.28 bits per heavy atom. The van der Waals surface area contributed by atoms with Crippen LogP contribution >= 0.6 is 0 Å². The van der Waals surface area contributed by atoms with E-state index < -0.39 is 0 Å². The Morgan fingerprint density at radius 1 is 1.39 bits per heavy atom. The van der Waals surface area contributed by atoms with Crippen molar-refractivity contribution < 1.29 is 5.11 Å². The number of fused-ring (bicyclic) bond motifs is 1. The monoisotopic (exact) mass is 249 g/mol. The van der Waals surface area contributed by atoms with Crippen molar-refractivity contribution >= 4 is 0 Å².